The lowest BCUT2D eigenvalue weighted by Crippen LogP contribution is -2.38. The van der Waals surface area contributed by atoms with Gasteiger partial charge in [-0.15, -0.1) is 9.36 Å². The molecule has 0 fully saturated rings. The molecular formula is C26H27N4O2+. The largest absolute Gasteiger partial charge is 0.497 e. The molecule has 0 radical (unpaired) electrons. The maximum absolute atomic E-state index is 12.8. The van der Waals surface area contributed by atoms with Gasteiger partial charge in [0.2, 0.25) is 17.8 Å². The minimum absolute atomic E-state index is 0.171. The average molecular weight is 428 g/mol. The lowest BCUT2D eigenvalue weighted by molar-refractivity contribution is -0.750. The van der Waals surface area contributed by atoms with E-state index in [0.717, 1.165) is 42.0 Å². The van der Waals surface area contributed by atoms with E-state index in [1.165, 1.54) is 16.5 Å². The third-order valence-electron chi connectivity index (χ3n) is 6.27. The highest BCUT2D eigenvalue weighted by Crippen LogP contribution is 2.26. The molecule has 2 aromatic carbocycles. The van der Waals surface area contributed by atoms with Crippen LogP contribution in [0.15, 0.2) is 67.0 Å². The summed E-state index contributed by atoms with van der Waals surface area (Å²) in [6.45, 7) is 2.10. The maximum Gasteiger partial charge on any atom is 0.227 e. The van der Waals surface area contributed by atoms with Crippen LogP contribution in [-0.4, -0.2) is 34.1 Å². The topological polar surface area (TPSA) is 51.2 Å². The minimum atomic E-state index is 0.171. The molecule has 1 amide bonds. The van der Waals surface area contributed by atoms with Crippen LogP contribution in [0.2, 0.25) is 0 Å². The Bertz CT molecular complexity index is 1260. The molecule has 2 aromatic heterocycles. The predicted molar refractivity (Wildman–Crippen MR) is 122 cm³/mol. The summed E-state index contributed by atoms with van der Waals surface area (Å²) in [6, 6.07) is 18.1. The number of benzene rings is 2. The van der Waals surface area contributed by atoms with Gasteiger partial charge in [0, 0.05) is 19.3 Å². The molecule has 6 nitrogen and oxygen atoms in total. The van der Waals surface area contributed by atoms with E-state index in [2.05, 4.69) is 34.7 Å². The number of hydrogen-bond acceptors (Lipinski definition) is 3. The van der Waals surface area contributed by atoms with Crippen LogP contribution in [0.5, 0.6) is 5.75 Å². The van der Waals surface area contributed by atoms with E-state index < -0.39 is 0 Å². The van der Waals surface area contributed by atoms with Gasteiger partial charge in [0.25, 0.3) is 0 Å². The summed E-state index contributed by atoms with van der Waals surface area (Å²) in [5, 5.41) is 1.17. The summed E-state index contributed by atoms with van der Waals surface area (Å²) in [4.78, 5) is 19.6. The third kappa shape index (κ3) is 3.84. The molecule has 0 atom stereocenters. The summed E-state index contributed by atoms with van der Waals surface area (Å²) >= 11 is 0. The lowest BCUT2D eigenvalue weighted by atomic mass is 9.98. The number of carbonyl (C=O) groups excluding carboxylic acids is 1. The normalized spacial score (nSPS) is 13.2. The van der Waals surface area contributed by atoms with E-state index >= 15 is 0 Å². The third-order valence-corrected chi connectivity index (χ3v) is 6.27. The number of fused-ring (bicyclic) bond motifs is 3. The van der Waals surface area contributed by atoms with Crippen LogP contribution in [0.25, 0.3) is 11.0 Å². The number of pyridine rings is 1. The highest BCUT2D eigenvalue weighted by Gasteiger charge is 2.26. The Labute approximate surface area is 187 Å². The van der Waals surface area contributed by atoms with Crippen molar-refractivity contribution in [2.75, 3.05) is 13.7 Å². The van der Waals surface area contributed by atoms with Gasteiger partial charge in [-0.3, -0.25) is 4.79 Å². The number of aromatic nitrogens is 3. The Hall–Kier alpha value is -3.67. The molecule has 162 valence electrons. The number of rotatable bonds is 5. The van der Waals surface area contributed by atoms with Crippen molar-refractivity contribution in [3.63, 3.8) is 0 Å². The molecule has 0 N–H and O–H groups in total. The maximum atomic E-state index is 12.8. The van der Waals surface area contributed by atoms with Crippen molar-refractivity contribution in [1.82, 2.24) is 14.6 Å². The smallest absolute Gasteiger partial charge is 0.227 e. The Morgan fingerprint density at radius 2 is 1.88 bits per heavy atom. The zero-order chi connectivity index (χ0) is 22.1. The van der Waals surface area contributed by atoms with E-state index in [-0.39, 0.29) is 5.91 Å². The van der Waals surface area contributed by atoms with Crippen molar-refractivity contribution in [2.24, 2.45) is 7.05 Å². The first-order valence-electron chi connectivity index (χ1n) is 10.9. The standard InChI is InChI=1S/C26H27N4O2/c1-28-18-24-23-12-13-29(25(31)14-19-6-4-3-5-7-19)17-21(23)15-27-26(24)30(28)16-20-8-10-22(32-2)11-9-20/h3-11,15,18H,12-14,16-17H2,1-2H3/q+1. The number of aryl methyl sites for hydroxylation is 1. The second kappa shape index (κ2) is 8.46. The predicted octanol–water partition coefficient (Wildman–Crippen LogP) is 3.05. The van der Waals surface area contributed by atoms with Gasteiger partial charge in [0.1, 0.15) is 12.3 Å². The van der Waals surface area contributed by atoms with Crippen molar-refractivity contribution >= 4 is 16.9 Å². The van der Waals surface area contributed by atoms with Crippen molar-refractivity contribution in [2.45, 2.75) is 25.9 Å². The SMILES string of the molecule is COc1ccc(Cn2c3ncc4c(c3c[n+]2C)CCN(C(=O)Cc2ccccc2)C4)cc1. The van der Waals surface area contributed by atoms with Crippen molar-refractivity contribution in [1.29, 1.82) is 0 Å². The number of carbonyl (C=O) groups is 1. The monoisotopic (exact) mass is 427 g/mol. The molecule has 0 bridgehead atoms. The molecule has 4 aromatic rings. The summed E-state index contributed by atoms with van der Waals surface area (Å²) in [5.41, 5.74) is 5.68. The fraction of sp³-hybridized carbons (Fsp3) is 0.269. The molecule has 5 rings (SSSR count). The van der Waals surface area contributed by atoms with E-state index in [9.17, 15) is 4.79 Å². The fourth-order valence-electron chi connectivity index (χ4n) is 4.49. The Balaban J connectivity index is 1.38. The zero-order valence-electron chi connectivity index (χ0n) is 18.5. The number of amides is 1. The molecule has 6 heteroatoms. The molecule has 32 heavy (non-hydrogen) atoms. The van der Waals surface area contributed by atoms with Gasteiger partial charge in [-0.1, -0.05) is 42.5 Å². The first-order valence-corrected chi connectivity index (χ1v) is 10.9. The number of ether oxygens (including phenoxy) is 1. The number of methoxy groups -OCH3 is 1. The van der Waals surface area contributed by atoms with Crippen LogP contribution in [0, 0.1) is 0 Å². The van der Waals surface area contributed by atoms with Gasteiger partial charge in [0.15, 0.2) is 7.05 Å². The Kier molecular flexibility index (Phi) is 5.35. The molecule has 0 aliphatic carbocycles. The quantitative estimate of drug-likeness (QED) is 0.460. The average Bonchev–Trinajstić information content (AvgIpc) is 3.15. The van der Waals surface area contributed by atoms with Gasteiger partial charge in [0.05, 0.1) is 18.9 Å². The Morgan fingerprint density at radius 3 is 2.62 bits per heavy atom. The van der Waals surface area contributed by atoms with Crippen molar-refractivity contribution in [3.05, 3.63) is 89.2 Å². The molecule has 3 heterocycles. The van der Waals surface area contributed by atoms with Gasteiger partial charge in [-0.25, -0.2) is 4.98 Å². The van der Waals surface area contributed by atoms with Gasteiger partial charge in [-0.05, 0) is 40.8 Å². The molecule has 0 unspecified atom stereocenters. The lowest BCUT2D eigenvalue weighted by Gasteiger charge is -2.28. The van der Waals surface area contributed by atoms with Crippen LogP contribution < -0.4 is 9.42 Å². The first-order chi connectivity index (χ1) is 15.6. The van der Waals surface area contributed by atoms with Crippen LogP contribution in [0.4, 0.5) is 0 Å². The second-order valence-electron chi connectivity index (χ2n) is 8.34. The summed E-state index contributed by atoms with van der Waals surface area (Å²) in [6.07, 6.45) is 5.40. The summed E-state index contributed by atoms with van der Waals surface area (Å²) < 4.78 is 9.56. The van der Waals surface area contributed by atoms with E-state index in [4.69, 9.17) is 9.72 Å². The van der Waals surface area contributed by atoms with E-state index in [0.29, 0.717) is 13.0 Å². The molecule has 0 saturated carbocycles. The second-order valence-corrected chi connectivity index (χ2v) is 8.34. The summed E-state index contributed by atoms with van der Waals surface area (Å²) in [7, 11) is 3.73. The number of nitrogens with zero attached hydrogens (tertiary/aromatic N) is 4. The van der Waals surface area contributed by atoms with Gasteiger partial charge < -0.3 is 9.64 Å². The number of hydrogen-bond donors (Lipinski definition) is 0. The van der Waals surface area contributed by atoms with Crippen LogP contribution in [0.1, 0.15) is 22.3 Å². The molecule has 0 spiro atoms. The van der Waals surface area contributed by atoms with Crippen LogP contribution >= 0.6 is 0 Å². The van der Waals surface area contributed by atoms with Crippen molar-refractivity contribution < 1.29 is 14.2 Å². The van der Waals surface area contributed by atoms with Crippen LogP contribution in [-0.2, 0) is 37.8 Å². The van der Waals surface area contributed by atoms with Crippen molar-refractivity contribution in [3.8, 4) is 5.75 Å². The van der Waals surface area contributed by atoms with Crippen LogP contribution in [0.3, 0.4) is 0 Å². The molecule has 0 saturated heterocycles. The van der Waals surface area contributed by atoms with E-state index in [1.54, 1.807) is 7.11 Å². The molecule has 1 aliphatic rings. The molecular weight excluding hydrogens is 400 g/mol. The zero-order valence-corrected chi connectivity index (χ0v) is 18.5. The molecule has 1 aliphatic heterocycles. The highest BCUT2D eigenvalue weighted by molar-refractivity contribution is 5.82. The highest BCUT2D eigenvalue weighted by atomic mass is 16.5. The van der Waals surface area contributed by atoms with Gasteiger partial charge in [-0.2, -0.15) is 0 Å². The Morgan fingerprint density at radius 1 is 1.09 bits per heavy atom. The minimum Gasteiger partial charge on any atom is -0.497 e. The summed E-state index contributed by atoms with van der Waals surface area (Å²) in [5.74, 6) is 1.03. The fourth-order valence-corrected chi connectivity index (χ4v) is 4.49. The van der Waals surface area contributed by atoms with E-state index in [1.807, 2.05) is 53.6 Å². The van der Waals surface area contributed by atoms with Gasteiger partial charge >= 0.3 is 0 Å². The first kappa shape index (κ1) is 20.2.